The van der Waals surface area contributed by atoms with Gasteiger partial charge in [0.15, 0.2) is 0 Å². The van der Waals surface area contributed by atoms with E-state index >= 15 is 0 Å². The van der Waals surface area contributed by atoms with Gasteiger partial charge in [-0.2, -0.15) is 0 Å². The number of carboxylic acid groups (broad SMARTS) is 1. The second-order valence-electron chi connectivity index (χ2n) is 4.93. The molecule has 0 aliphatic heterocycles. The molecule has 1 rings (SSSR count). The van der Waals surface area contributed by atoms with Gasteiger partial charge >= 0.3 is 12.0 Å². The number of benzene rings is 1. The number of rotatable bonds is 5. The Morgan fingerprint density at radius 1 is 1.40 bits per heavy atom. The van der Waals surface area contributed by atoms with E-state index in [0.717, 1.165) is 10.0 Å². The van der Waals surface area contributed by atoms with E-state index in [1.165, 1.54) is 6.92 Å². The molecule has 0 aromatic heterocycles. The summed E-state index contributed by atoms with van der Waals surface area (Å²) in [5.41, 5.74) is 0.391. The number of urea groups is 1. The van der Waals surface area contributed by atoms with Crippen molar-refractivity contribution in [1.82, 2.24) is 5.32 Å². The number of carboxylic acids is 1. The lowest BCUT2D eigenvalue weighted by atomic mass is 9.97. The summed E-state index contributed by atoms with van der Waals surface area (Å²) < 4.78 is 0.879. The van der Waals surface area contributed by atoms with Crippen LogP contribution < -0.4 is 10.6 Å². The molecule has 0 fully saturated rings. The van der Waals surface area contributed by atoms with Gasteiger partial charge in [0.1, 0.15) is 5.54 Å². The van der Waals surface area contributed by atoms with Crippen LogP contribution in [0, 0.1) is 6.92 Å². The van der Waals surface area contributed by atoms with Crippen molar-refractivity contribution >= 4 is 33.6 Å². The van der Waals surface area contributed by atoms with Gasteiger partial charge in [-0.25, -0.2) is 9.59 Å². The molecule has 2 amide bonds. The Hall–Kier alpha value is -1.56. The highest BCUT2D eigenvalue weighted by Crippen LogP contribution is 2.21. The molecule has 0 aliphatic carbocycles. The maximum atomic E-state index is 11.9. The number of amides is 2. The maximum Gasteiger partial charge on any atom is 0.329 e. The number of hydrogen-bond donors (Lipinski definition) is 3. The van der Waals surface area contributed by atoms with E-state index in [0.29, 0.717) is 18.5 Å². The monoisotopic (exact) mass is 342 g/mol. The zero-order valence-electron chi connectivity index (χ0n) is 11.8. The second-order valence-corrected chi connectivity index (χ2v) is 5.78. The van der Waals surface area contributed by atoms with Gasteiger partial charge < -0.3 is 15.7 Å². The Balaban J connectivity index is 2.75. The molecule has 0 saturated heterocycles. The largest absolute Gasteiger partial charge is 0.480 e. The molecule has 0 aliphatic rings. The Morgan fingerprint density at radius 2 is 2.05 bits per heavy atom. The number of aryl methyl sites for hydroxylation is 1. The second kappa shape index (κ2) is 6.74. The van der Waals surface area contributed by atoms with Crippen molar-refractivity contribution < 1.29 is 14.7 Å². The normalized spacial score (nSPS) is 13.4. The molecule has 3 N–H and O–H groups in total. The standard InChI is InChI=1S/C14H19BrN2O3/c1-4-7-14(3,12(18)19)17-13(20)16-10-6-5-9(2)11(15)8-10/h5-6,8H,4,7H2,1-3H3,(H,18,19)(H2,16,17,20). The molecule has 0 saturated carbocycles. The van der Waals surface area contributed by atoms with Gasteiger partial charge in [-0.1, -0.05) is 35.3 Å². The topological polar surface area (TPSA) is 78.4 Å². The van der Waals surface area contributed by atoms with Gasteiger partial charge in [-0.05, 0) is 38.0 Å². The summed E-state index contributed by atoms with van der Waals surface area (Å²) in [6, 6.07) is 4.87. The Kier molecular flexibility index (Phi) is 5.56. The number of carbonyl (C=O) groups excluding carboxylic acids is 1. The molecule has 20 heavy (non-hydrogen) atoms. The summed E-state index contributed by atoms with van der Waals surface area (Å²) in [7, 11) is 0. The van der Waals surface area contributed by atoms with Gasteiger partial charge in [0, 0.05) is 10.2 Å². The lowest BCUT2D eigenvalue weighted by molar-refractivity contribution is -0.143. The van der Waals surface area contributed by atoms with Crippen LogP contribution in [0.2, 0.25) is 0 Å². The minimum Gasteiger partial charge on any atom is -0.480 e. The van der Waals surface area contributed by atoms with E-state index in [9.17, 15) is 14.7 Å². The van der Waals surface area contributed by atoms with Crippen molar-refractivity contribution in [2.24, 2.45) is 0 Å². The fourth-order valence-electron chi connectivity index (χ4n) is 1.81. The highest BCUT2D eigenvalue weighted by atomic mass is 79.9. The predicted molar refractivity (Wildman–Crippen MR) is 82.0 cm³/mol. The van der Waals surface area contributed by atoms with Crippen LogP contribution in [0.5, 0.6) is 0 Å². The first-order valence-corrected chi connectivity index (χ1v) is 7.16. The van der Waals surface area contributed by atoms with Crippen LogP contribution in [0.3, 0.4) is 0 Å². The summed E-state index contributed by atoms with van der Waals surface area (Å²) >= 11 is 3.38. The quantitative estimate of drug-likeness (QED) is 0.765. The van der Waals surface area contributed by atoms with E-state index in [1.54, 1.807) is 12.1 Å². The van der Waals surface area contributed by atoms with E-state index in [2.05, 4.69) is 26.6 Å². The van der Waals surface area contributed by atoms with Crippen LogP contribution in [0.1, 0.15) is 32.3 Å². The first-order chi connectivity index (χ1) is 9.28. The predicted octanol–water partition coefficient (Wildman–Crippen LogP) is 3.52. The summed E-state index contributed by atoms with van der Waals surface area (Å²) in [5, 5.41) is 14.4. The Labute approximate surface area is 126 Å². The molecule has 1 atom stereocenters. The fourth-order valence-corrected chi connectivity index (χ4v) is 2.19. The summed E-state index contributed by atoms with van der Waals surface area (Å²) in [6.07, 6.45) is 1.03. The SMILES string of the molecule is CCCC(C)(NC(=O)Nc1ccc(C)c(Br)c1)C(=O)O. The molecular weight excluding hydrogens is 324 g/mol. The van der Waals surface area contributed by atoms with Crippen molar-refractivity contribution in [2.45, 2.75) is 39.2 Å². The molecule has 110 valence electrons. The maximum absolute atomic E-state index is 11.9. The molecule has 0 spiro atoms. The number of halogens is 1. The third-order valence-electron chi connectivity index (χ3n) is 3.04. The zero-order chi connectivity index (χ0) is 15.3. The first kappa shape index (κ1) is 16.5. The van der Waals surface area contributed by atoms with Crippen molar-refractivity contribution in [3.63, 3.8) is 0 Å². The molecule has 1 unspecified atom stereocenters. The lowest BCUT2D eigenvalue weighted by Crippen LogP contribution is -2.53. The van der Waals surface area contributed by atoms with Crippen LogP contribution in [0.25, 0.3) is 0 Å². The van der Waals surface area contributed by atoms with Crippen LogP contribution in [0.15, 0.2) is 22.7 Å². The minimum atomic E-state index is -1.26. The highest BCUT2D eigenvalue weighted by Gasteiger charge is 2.33. The molecule has 0 radical (unpaired) electrons. The lowest BCUT2D eigenvalue weighted by Gasteiger charge is -2.25. The van der Waals surface area contributed by atoms with Crippen LogP contribution >= 0.6 is 15.9 Å². The molecule has 1 aromatic carbocycles. The molecular formula is C14H19BrN2O3. The van der Waals surface area contributed by atoms with Crippen LogP contribution in [-0.4, -0.2) is 22.6 Å². The minimum absolute atomic E-state index is 0.368. The van der Waals surface area contributed by atoms with Crippen molar-refractivity contribution in [2.75, 3.05) is 5.32 Å². The van der Waals surface area contributed by atoms with Gasteiger partial charge in [-0.15, -0.1) is 0 Å². The average Bonchev–Trinajstić information content (AvgIpc) is 2.33. The van der Waals surface area contributed by atoms with Gasteiger partial charge in [-0.3, -0.25) is 0 Å². The van der Waals surface area contributed by atoms with E-state index in [1.807, 2.05) is 19.9 Å². The number of hydrogen-bond acceptors (Lipinski definition) is 2. The Bertz CT molecular complexity index is 519. The van der Waals surface area contributed by atoms with E-state index < -0.39 is 17.5 Å². The number of nitrogens with one attached hydrogen (secondary N) is 2. The molecule has 5 nitrogen and oxygen atoms in total. The third kappa shape index (κ3) is 4.23. The van der Waals surface area contributed by atoms with Gasteiger partial charge in [0.2, 0.25) is 0 Å². The Morgan fingerprint density at radius 3 is 2.55 bits per heavy atom. The molecule has 6 heteroatoms. The number of aliphatic carboxylic acids is 1. The number of carbonyl (C=O) groups is 2. The third-order valence-corrected chi connectivity index (χ3v) is 3.90. The smallest absolute Gasteiger partial charge is 0.329 e. The summed E-state index contributed by atoms with van der Waals surface area (Å²) in [5.74, 6) is -1.04. The van der Waals surface area contributed by atoms with Gasteiger partial charge in [0.25, 0.3) is 0 Å². The van der Waals surface area contributed by atoms with Crippen LogP contribution in [0.4, 0.5) is 10.5 Å². The molecule has 0 heterocycles. The van der Waals surface area contributed by atoms with Crippen molar-refractivity contribution in [3.05, 3.63) is 28.2 Å². The van der Waals surface area contributed by atoms with Crippen molar-refractivity contribution in [3.8, 4) is 0 Å². The van der Waals surface area contributed by atoms with E-state index in [4.69, 9.17) is 0 Å². The number of anilines is 1. The van der Waals surface area contributed by atoms with E-state index in [-0.39, 0.29) is 0 Å². The zero-order valence-corrected chi connectivity index (χ0v) is 13.4. The molecule has 0 bridgehead atoms. The first-order valence-electron chi connectivity index (χ1n) is 6.37. The fraction of sp³-hybridized carbons (Fsp3) is 0.429. The summed E-state index contributed by atoms with van der Waals surface area (Å²) in [4.78, 5) is 23.2. The van der Waals surface area contributed by atoms with Crippen molar-refractivity contribution in [1.29, 1.82) is 0 Å². The van der Waals surface area contributed by atoms with Crippen LogP contribution in [-0.2, 0) is 4.79 Å². The summed E-state index contributed by atoms with van der Waals surface area (Å²) in [6.45, 7) is 5.32. The highest BCUT2D eigenvalue weighted by molar-refractivity contribution is 9.10. The average molecular weight is 343 g/mol. The molecule has 1 aromatic rings. The van der Waals surface area contributed by atoms with Gasteiger partial charge in [0.05, 0.1) is 0 Å².